The normalized spacial score (nSPS) is 19.6. The molecule has 1 heterocycles. The SMILES string of the molecule is CCCNC1CCN(Cc2ccc(C)cc2)C1=O. The van der Waals surface area contributed by atoms with Crippen LogP contribution in [0.25, 0.3) is 0 Å². The molecule has 98 valence electrons. The van der Waals surface area contributed by atoms with E-state index in [9.17, 15) is 4.79 Å². The first-order valence-electron chi connectivity index (χ1n) is 6.78. The number of nitrogens with one attached hydrogen (secondary N) is 1. The molecule has 0 radical (unpaired) electrons. The van der Waals surface area contributed by atoms with E-state index in [4.69, 9.17) is 0 Å². The van der Waals surface area contributed by atoms with E-state index in [2.05, 4.69) is 43.4 Å². The molecule has 3 nitrogen and oxygen atoms in total. The summed E-state index contributed by atoms with van der Waals surface area (Å²) in [5.74, 6) is 0.254. The molecule has 0 spiro atoms. The summed E-state index contributed by atoms with van der Waals surface area (Å²) in [4.78, 5) is 14.1. The second-order valence-corrected chi connectivity index (χ2v) is 5.04. The highest BCUT2D eigenvalue weighted by Crippen LogP contribution is 2.15. The monoisotopic (exact) mass is 246 g/mol. The average molecular weight is 246 g/mol. The molecular weight excluding hydrogens is 224 g/mol. The quantitative estimate of drug-likeness (QED) is 0.863. The Hall–Kier alpha value is -1.35. The van der Waals surface area contributed by atoms with Crippen LogP contribution in [0.4, 0.5) is 0 Å². The predicted molar refractivity (Wildman–Crippen MR) is 73.3 cm³/mol. The molecule has 18 heavy (non-hydrogen) atoms. The van der Waals surface area contributed by atoms with Crippen LogP contribution in [0.5, 0.6) is 0 Å². The Morgan fingerprint density at radius 1 is 1.33 bits per heavy atom. The van der Waals surface area contributed by atoms with Crippen molar-refractivity contribution in [1.29, 1.82) is 0 Å². The number of hydrogen-bond acceptors (Lipinski definition) is 2. The first-order chi connectivity index (χ1) is 8.70. The first kappa shape index (κ1) is 13.1. The van der Waals surface area contributed by atoms with Gasteiger partial charge in [-0.15, -0.1) is 0 Å². The van der Waals surface area contributed by atoms with E-state index >= 15 is 0 Å². The van der Waals surface area contributed by atoms with Crippen LogP contribution in [0.1, 0.15) is 30.9 Å². The Balaban J connectivity index is 1.91. The topological polar surface area (TPSA) is 32.3 Å². The molecule has 0 aliphatic carbocycles. The fourth-order valence-electron chi connectivity index (χ4n) is 2.32. The van der Waals surface area contributed by atoms with Gasteiger partial charge in [0.2, 0.25) is 5.91 Å². The number of amides is 1. The lowest BCUT2D eigenvalue weighted by Crippen LogP contribution is -2.38. The van der Waals surface area contributed by atoms with E-state index in [1.807, 2.05) is 4.90 Å². The summed E-state index contributed by atoms with van der Waals surface area (Å²) in [6.45, 7) is 6.73. The number of carbonyl (C=O) groups excluding carboxylic acids is 1. The van der Waals surface area contributed by atoms with Gasteiger partial charge in [0.05, 0.1) is 6.04 Å². The van der Waals surface area contributed by atoms with Gasteiger partial charge in [-0.05, 0) is 31.9 Å². The van der Waals surface area contributed by atoms with E-state index in [1.54, 1.807) is 0 Å². The Labute approximate surface area is 109 Å². The summed E-state index contributed by atoms with van der Waals surface area (Å²) >= 11 is 0. The number of nitrogens with zero attached hydrogens (tertiary/aromatic N) is 1. The van der Waals surface area contributed by atoms with E-state index in [1.165, 1.54) is 11.1 Å². The number of benzene rings is 1. The van der Waals surface area contributed by atoms with Gasteiger partial charge in [0.1, 0.15) is 0 Å². The number of hydrogen-bond donors (Lipinski definition) is 1. The summed E-state index contributed by atoms with van der Waals surface area (Å²) in [7, 11) is 0. The van der Waals surface area contributed by atoms with Crippen LogP contribution < -0.4 is 5.32 Å². The van der Waals surface area contributed by atoms with Crippen molar-refractivity contribution in [2.45, 2.75) is 39.3 Å². The molecule has 0 bridgehead atoms. The number of carbonyl (C=O) groups is 1. The number of likely N-dealkylation sites (tertiary alicyclic amines) is 1. The van der Waals surface area contributed by atoms with Gasteiger partial charge < -0.3 is 10.2 Å². The van der Waals surface area contributed by atoms with E-state index in [0.717, 1.165) is 32.5 Å². The van der Waals surface area contributed by atoms with Crippen LogP contribution in [0, 0.1) is 6.92 Å². The number of rotatable bonds is 5. The fourth-order valence-corrected chi connectivity index (χ4v) is 2.32. The predicted octanol–water partition coefficient (Wildman–Crippen LogP) is 2.10. The highest BCUT2D eigenvalue weighted by atomic mass is 16.2. The van der Waals surface area contributed by atoms with Crippen LogP contribution in [0.3, 0.4) is 0 Å². The van der Waals surface area contributed by atoms with E-state index < -0.39 is 0 Å². The Kier molecular flexibility index (Phi) is 4.37. The third-order valence-electron chi connectivity index (χ3n) is 3.43. The van der Waals surface area contributed by atoms with Crippen molar-refractivity contribution < 1.29 is 4.79 Å². The second kappa shape index (κ2) is 6.01. The lowest BCUT2D eigenvalue weighted by atomic mass is 10.1. The molecule has 1 aromatic carbocycles. The minimum absolute atomic E-state index is 0.0374. The third kappa shape index (κ3) is 3.10. The summed E-state index contributed by atoms with van der Waals surface area (Å²) < 4.78 is 0. The molecule has 0 saturated carbocycles. The van der Waals surface area contributed by atoms with Crippen molar-refractivity contribution in [2.75, 3.05) is 13.1 Å². The molecule has 1 unspecified atom stereocenters. The minimum atomic E-state index is 0.0374. The van der Waals surface area contributed by atoms with Crippen LogP contribution >= 0.6 is 0 Å². The summed E-state index contributed by atoms with van der Waals surface area (Å²) in [6, 6.07) is 8.45. The minimum Gasteiger partial charge on any atom is -0.337 e. The largest absolute Gasteiger partial charge is 0.337 e. The smallest absolute Gasteiger partial charge is 0.240 e. The maximum Gasteiger partial charge on any atom is 0.240 e. The van der Waals surface area contributed by atoms with Gasteiger partial charge in [0.25, 0.3) is 0 Å². The molecule has 0 aromatic heterocycles. The number of aryl methyl sites for hydroxylation is 1. The van der Waals surface area contributed by atoms with Crippen molar-refractivity contribution in [3.05, 3.63) is 35.4 Å². The lowest BCUT2D eigenvalue weighted by Gasteiger charge is -2.17. The average Bonchev–Trinajstić information content (AvgIpc) is 2.71. The van der Waals surface area contributed by atoms with Crippen molar-refractivity contribution in [1.82, 2.24) is 10.2 Å². The molecule has 1 fully saturated rings. The Bertz CT molecular complexity index is 399. The van der Waals surface area contributed by atoms with Crippen LogP contribution in [0.15, 0.2) is 24.3 Å². The zero-order chi connectivity index (χ0) is 13.0. The zero-order valence-electron chi connectivity index (χ0n) is 11.3. The van der Waals surface area contributed by atoms with Crippen molar-refractivity contribution in [3.8, 4) is 0 Å². The Morgan fingerprint density at radius 2 is 2.06 bits per heavy atom. The van der Waals surface area contributed by atoms with E-state index in [0.29, 0.717) is 0 Å². The highest BCUT2D eigenvalue weighted by Gasteiger charge is 2.30. The molecule has 2 rings (SSSR count). The molecule has 1 aliphatic heterocycles. The zero-order valence-corrected chi connectivity index (χ0v) is 11.3. The Morgan fingerprint density at radius 3 is 2.72 bits per heavy atom. The fraction of sp³-hybridized carbons (Fsp3) is 0.533. The van der Waals surface area contributed by atoms with Gasteiger partial charge in [-0.25, -0.2) is 0 Å². The highest BCUT2D eigenvalue weighted by molar-refractivity contribution is 5.83. The van der Waals surface area contributed by atoms with Crippen LogP contribution in [-0.2, 0) is 11.3 Å². The summed E-state index contributed by atoms with van der Waals surface area (Å²) in [5, 5.41) is 3.31. The summed E-state index contributed by atoms with van der Waals surface area (Å²) in [6.07, 6.45) is 2.01. The maximum atomic E-state index is 12.1. The van der Waals surface area contributed by atoms with Crippen molar-refractivity contribution >= 4 is 5.91 Å². The van der Waals surface area contributed by atoms with Gasteiger partial charge in [-0.2, -0.15) is 0 Å². The van der Waals surface area contributed by atoms with Crippen molar-refractivity contribution in [2.24, 2.45) is 0 Å². The molecule has 1 aliphatic rings. The third-order valence-corrected chi connectivity index (χ3v) is 3.43. The standard InChI is InChI=1S/C15H22N2O/c1-3-9-16-14-8-10-17(15(14)18)11-13-6-4-12(2)5-7-13/h4-7,14,16H,3,8-11H2,1-2H3. The van der Waals surface area contributed by atoms with Gasteiger partial charge in [-0.1, -0.05) is 36.8 Å². The molecular formula is C15H22N2O. The maximum absolute atomic E-state index is 12.1. The lowest BCUT2D eigenvalue weighted by molar-refractivity contribution is -0.129. The second-order valence-electron chi connectivity index (χ2n) is 5.04. The molecule has 3 heteroatoms. The van der Waals surface area contributed by atoms with Gasteiger partial charge in [0.15, 0.2) is 0 Å². The molecule has 1 atom stereocenters. The molecule has 1 amide bonds. The summed E-state index contributed by atoms with van der Waals surface area (Å²) in [5.41, 5.74) is 2.47. The first-order valence-corrected chi connectivity index (χ1v) is 6.78. The van der Waals surface area contributed by atoms with Crippen LogP contribution in [0.2, 0.25) is 0 Å². The molecule has 1 N–H and O–H groups in total. The molecule has 1 aromatic rings. The van der Waals surface area contributed by atoms with Crippen molar-refractivity contribution in [3.63, 3.8) is 0 Å². The van der Waals surface area contributed by atoms with Gasteiger partial charge >= 0.3 is 0 Å². The van der Waals surface area contributed by atoms with Crippen LogP contribution in [-0.4, -0.2) is 29.9 Å². The molecule has 1 saturated heterocycles. The van der Waals surface area contributed by atoms with Gasteiger partial charge in [-0.3, -0.25) is 4.79 Å². The van der Waals surface area contributed by atoms with Gasteiger partial charge in [0, 0.05) is 13.1 Å². The van der Waals surface area contributed by atoms with E-state index in [-0.39, 0.29) is 11.9 Å².